The number of benzene rings is 1. The molecule has 0 atom stereocenters. The number of halogens is 1. The van der Waals surface area contributed by atoms with Gasteiger partial charge in [-0.2, -0.15) is 0 Å². The van der Waals surface area contributed by atoms with Crippen LogP contribution in [0.1, 0.15) is 22.8 Å². The first kappa shape index (κ1) is 14.0. The molecule has 0 aliphatic rings. The number of anilines is 1. The maximum absolute atomic E-state index is 14.0. The topological polar surface area (TPSA) is 53.4 Å². The summed E-state index contributed by atoms with van der Waals surface area (Å²) >= 11 is 0. The van der Waals surface area contributed by atoms with E-state index in [4.69, 9.17) is 0 Å². The predicted octanol–water partition coefficient (Wildman–Crippen LogP) is 2.95. The van der Waals surface area contributed by atoms with Crippen LogP contribution < -0.4 is 4.90 Å². The van der Waals surface area contributed by atoms with Crippen LogP contribution in [0.2, 0.25) is 0 Å². The van der Waals surface area contributed by atoms with Crippen LogP contribution in [0.5, 0.6) is 0 Å². The van der Waals surface area contributed by atoms with Crippen molar-refractivity contribution in [2.45, 2.75) is 13.5 Å². The molecule has 1 heterocycles. The van der Waals surface area contributed by atoms with Gasteiger partial charge in [0.05, 0.1) is 11.3 Å². The van der Waals surface area contributed by atoms with Crippen LogP contribution in [-0.4, -0.2) is 22.6 Å². The second kappa shape index (κ2) is 6.14. The summed E-state index contributed by atoms with van der Waals surface area (Å²) in [6.45, 7) is 2.79. The fourth-order valence-corrected chi connectivity index (χ4v) is 2.07. The zero-order valence-corrected chi connectivity index (χ0v) is 11.1. The molecule has 0 saturated heterocycles. The lowest BCUT2D eigenvalue weighted by atomic mass is 10.1. The fourth-order valence-electron chi connectivity index (χ4n) is 2.07. The molecule has 4 nitrogen and oxygen atoms in total. The molecule has 0 spiro atoms. The minimum atomic E-state index is -1.13. The van der Waals surface area contributed by atoms with E-state index in [1.807, 2.05) is 19.1 Å². The van der Waals surface area contributed by atoms with Gasteiger partial charge in [0.25, 0.3) is 0 Å². The largest absolute Gasteiger partial charge is 0.478 e. The van der Waals surface area contributed by atoms with Gasteiger partial charge in [-0.1, -0.05) is 6.07 Å². The normalized spacial score (nSPS) is 10.3. The van der Waals surface area contributed by atoms with Gasteiger partial charge < -0.3 is 10.0 Å². The van der Waals surface area contributed by atoms with Crippen LogP contribution in [0.25, 0.3) is 0 Å². The zero-order chi connectivity index (χ0) is 14.5. The van der Waals surface area contributed by atoms with Gasteiger partial charge in [-0.3, -0.25) is 4.98 Å². The van der Waals surface area contributed by atoms with Crippen LogP contribution in [0.4, 0.5) is 10.1 Å². The number of carboxylic acid groups (broad SMARTS) is 1. The van der Waals surface area contributed by atoms with Gasteiger partial charge in [0.1, 0.15) is 5.82 Å². The fraction of sp³-hybridized carbons (Fsp3) is 0.200. The number of para-hydroxylation sites is 1. The molecule has 1 aromatic heterocycles. The minimum absolute atomic E-state index is 0.0269. The molecule has 1 aromatic carbocycles. The van der Waals surface area contributed by atoms with E-state index in [2.05, 4.69) is 4.98 Å². The van der Waals surface area contributed by atoms with E-state index in [9.17, 15) is 14.3 Å². The van der Waals surface area contributed by atoms with Crippen molar-refractivity contribution >= 4 is 11.7 Å². The molecular weight excluding hydrogens is 259 g/mol. The Balaban J connectivity index is 2.39. The molecule has 0 aliphatic heterocycles. The van der Waals surface area contributed by atoms with Gasteiger partial charge in [0, 0.05) is 25.5 Å². The number of carboxylic acids is 1. The van der Waals surface area contributed by atoms with E-state index in [1.165, 1.54) is 18.2 Å². The average Bonchev–Trinajstić information content (AvgIpc) is 2.46. The number of aromatic carboxylic acids is 1. The Bertz CT molecular complexity index is 602. The summed E-state index contributed by atoms with van der Waals surface area (Å²) in [6.07, 6.45) is 3.31. The number of pyridine rings is 1. The number of rotatable bonds is 5. The third-order valence-electron chi connectivity index (χ3n) is 3.04. The standard InChI is InChI=1S/C15H15FN2O2/c1-2-18(10-11-6-8-17-9-7-11)14-12(15(19)20)4-3-5-13(14)16/h3-9H,2,10H2,1H3,(H,19,20). The number of aromatic nitrogens is 1. The monoisotopic (exact) mass is 274 g/mol. The Morgan fingerprint density at radius 3 is 2.60 bits per heavy atom. The molecule has 0 bridgehead atoms. The quantitative estimate of drug-likeness (QED) is 0.910. The molecule has 0 fully saturated rings. The second-order valence-corrected chi connectivity index (χ2v) is 4.31. The van der Waals surface area contributed by atoms with Crippen molar-refractivity contribution in [1.29, 1.82) is 0 Å². The Labute approximate surface area is 116 Å². The molecule has 2 rings (SSSR count). The maximum atomic E-state index is 14.0. The molecule has 20 heavy (non-hydrogen) atoms. The summed E-state index contributed by atoms with van der Waals surface area (Å²) in [5.41, 5.74) is 1.04. The number of carbonyl (C=O) groups is 1. The van der Waals surface area contributed by atoms with Crippen LogP contribution >= 0.6 is 0 Å². The molecule has 0 radical (unpaired) electrons. The third-order valence-corrected chi connectivity index (χ3v) is 3.04. The first-order chi connectivity index (χ1) is 9.63. The van der Waals surface area contributed by atoms with Gasteiger partial charge in [-0.05, 0) is 36.8 Å². The van der Waals surface area contributed by atoms with Gasteiger partial charge in [0.15, 0.2) is 0 Å². The molecule has 0 saturated carbocycles. The summed E-state index contributed by atoms with van der Waals surface area (Å²) in [5, 5.41) is 9.20. The van der Waals surface area contributed by atoms with E-state index in [0.717, 1.165) is 5.56 Å². The van der Waals surface area contributed by atoms with Crippen molar-refractivity contribution in [3.63, 3.8) is 0 Å². The third kappa shape index (κ3) is 2.93. The second-order valence-electron chi connectivity index (χ2n) is 4.31. The SMILES string of the molecule is CCN(Cc1ccncc1)c1c(F)cccc1C(=O)O. The van der Waals surface area contributed by atoms with Crippen molar-refractivity contribution in [3.05, 3.63) is 59.7 Å². The Hall–Kier alpha value is -2.43. The van der Waals surface area contributed by atoms with Crippen molar-refractivity contribution < 1.29 is 14.3 Å². The predicted molar refractivity (Wildman–Crippen MR) is 74.3 cm³/mol. The highest BCUT2D eigenvalue weighted by Crippen LogP contribution is 2.26. The van der Waals surface area contributed by atoms with E-state index in [-0.39, 0.29) is 11.3 Å². The first-order valence-corrected chi connectivity index (χ1v) is 6.29. The molecule has 0 amide bonds. The van der Waals surface area contributed by atoms with Crippen molar-refractivity contribution in [2.24, 2.45) is 0 Å². The summed E-state index contributed by atoms with van der Waals surface area (Å²) in [4.78, 5) is 16.9. The first-order valence-electron chi connectivity index (χ1n) is 6.29. The molecule has 0 aliphatic carbocycles. The van der Waals surface area contributed by atoms with Crippen LogP contribution in [0.15, 0.2) is 42.7 Å². The van der Waals surface area contributed by atoms with E-state index in [0.29, 0.717) is 13.1 Å². The molecule has 2 aromatic rings. The highest BCUT2D eigenvalue weighted by molar-refractivity contribution is 5.94. The Kier molecular flexibility index (Phi) is 4.30. The van der Waals surface area contributed by atoms with Crippen molar-refractivity contribution in [3.8, 4) is 0 Å². The van der Waals surface area contributed by atoms with E-state index in [1.54, 1.807) is 17.3 Å². The molecule has 1 N–H and O–H groups in total. The Morgan fingerprint density at radius 1 is 1.30 bits per heavy atom. The lowest BCUT2D eigenvalue weighted by Crippen LogP contribution is -2.25. The van der Waals surface area contributed by atoms with E-state index >= 15 is 0 Å². The lowest BCUT2D eigenvalue weighted by Gasteiger charge is -2.25. The summed E-state index contributed by atoms with van der Waals surface area (Å²) in [7, 11) is 0. The maximum Gasteiger partial charge on any atom is 0.337 e. The smallest absolute Gasteiger partial charge is 0.337 e. The zero-order valence-electron chi connectivity index (χ0n) is 11.1. The summed E-state index contributed by atoms with van der Waals surface area (Å²) < 4.78 is 14.0. The van der Waals surface area contributed by atoms with Crippen LogP contribution in [0, 0.1) is 5.82 Å². The highest BCUT2D eigenvalue weighted by Gasteiger charge is 2.19. The Morgan fingerprint density at radius 2 is 2.00 bits per heavy atom. The number of nitrogens with zero attached hydrogens (tertiary/aromatic N) is 2. The molecular formula is C15H15FN2O2. The minimum Gasteiger partial charge on any atom is -0.478 e. The molecule has 0 unspecified atom stereocenters. The van der Waals surface area contributed by atoms with Gasteiger partial charge >= 0.3 is 5.97 Å². The molecule has 104 valence electrons. The van der Waals surface area contributed by atoms with Crippen molar-refractivity contribution in [2.75, 3.05) is 11.4 Å². The molecule has 5 heteroatoms. The number of hydrogen-bond acceptors (Lipinski definition) is 3. The van der Waals surface area contributed by atoms with Gasteiger partial charge in [-0.15, -0.1) is 0 Å². The average molecular weight is 274 g/mol. The summed E-state index contributed by atoms with van der Waals surface area (Å²) in [5.74, 6) is -1.66. The number of hydrogen-bond donors (Lipinski definition) is 1. The van der Waals surface area contributed by atoms with Crippen LogP contribution in [-0.2, 0) is 6.54 Å². The van der Waals surface area contributed by atoms with Crippen LogP contribution in [0.3, 0.4) is 0 Å². The van der Waals surface area contributed by atoms with Gasteiger partial charge in [-0.25, -0.2) is 9.18 Å². The highest BCUT2D eigenvalue weighted by atomic mass is 19.1. The van der Waals surface area contributed by atoms with E-state index < -0.39 is 11.8 Å². The lowest BCUT2D eigenvalue weighted by molar-refractivity contribution is 0.0697. The van der Waals surface area contributed by atoms with Crippen molar-refractivity contribution in [1.82, 2.24) is 4.98 Å². The van der Waals surface area contributed by atoms with Gasteiger partial charge in [0.2, 0.25) is 0 Å². The summed E-state index contributed by atoms with van der Waals surface area (Å²) in [6, 6.07) is 7.74.